The molecule has 1 rings (SSSR count). The maximum Gasteiger partial charge on any atom is 0.401 e. The molecule has 0 fully saturated rings. The lowest BCUT2D eigenvalue weighted by Gasteiger charge is -2.21. The second kappa shape index (κ2) is 7.47. The predicted octanol–water partition coefficient (Wildman–Crippen LogP) is 2.06. The third-order valence-electron chi connectivity index (χ3n) is 2.39. The predicted molar refractivity (Wildman–Crippen MR) is 65.7 cm³/mol. The Bertz CT molecular complexity index is 357. The van der Waals surface area contributed by atoms with E-state index in [0.717, 1.165) is 10.5 Å². The number of aliphatic hydroxyl groups excluding tert-OH is 1. The van der Waals surface area contributed by atoms with E-state index in [4.69, 9.17) is 4.74 Å². The monoisotopic (exact) mass is 277 g/mol. The highest BCUT2D eigenvalue weighted by atomic mass is 19.4. The third-order valence-corrected chi connectivity index (χ3v) is 2.39. The molecule has 1 aromatic carbocycles. The van der Waals surface area contributed by atoms with Gasteiger partial charge in [-0.2, -0.15) is 13.2 Å². The summed E-state index contributed by atoms with van der Waals surface area (Å²) in [7, 11) is 1.31. The van der Waals surface area contributed by atoms with Crippen molar-refractivity contribution in [2.75, 3.05) is 26.7 Å². The van der Waals surface area contributed by atoms with Crippen molar-refractivity contribution < 1.29 is 23.0 Å². The Labute approximate surface area is 110 Å². The SMILES string of the molecule is CN(C[C@@H](O)COCc1ccccc1)CC(F)(F)F. The number of hydrogen-bond acceptors (Lipinski definition) is 3. The molecule has 0 aliphatic rings. The molecule has 0 aliphatic carbocycles. The maximum atomic E-state index is 12.1. The number of benzene rings is 1. The summed E-state index contributed by atoms with van der Waals surface area (Å²) in [6.07, 6.45) is -5.18. The van der Waals surface area contributed by atoms with Crippen LogP contribution >= 0.6 is 0 Å². The lowest BCUT2D eigenvalue weighted by atomic mass is 10.2. The van der Waals surface area contributed by atoms with Gasteiger partial charge in [0.15, 0.2) is 0 Å². The van der Waals surface area contributed by atoms with Gasteiger partial charge < -0.3 is 9.84 Å². The molecule has 0 aromatic heterocycles. The molecular formula is C13H18F3NO2. The number of hydrogen-bond donors (Lipinski definition) is 1. The minimum atomic E-state index is -4.25. The molecule has 0 unspecified atom stereocenters. The molecule has 0 heterocycles. The highest BCUT2D eigenvalue weighted by Gasteiger charge is 2.29. The molecule has 3 nitrogen and oxygen atoms in total. The molecule has 0 radical (unpaired) electrons. The quantitative estimate of drug-likeness (QED) is 0.828. The first-order valence-corrected chi connectivity index (χ1v) is 5.92. The Hall–Kier alpha value is -1.11. The Morgan fingerprint density at radius 3 is 2.47 bits per heavy atom. The summed E-state index contributed by atoms with van der Waals surface area (Å²) in [6.45, 7) is -0.769. The number of rotatable bonds is 7. The summed E-state index contributed by atoms with van der Waals surface area (Å²) in [5.41, 5.74) is 0.957. The minimum absolute atomic E-state index is 0.0110. The van der Waals surface area contributed by atoms with Gasteiger partial charge in [-0.05, 0) is 12.6 Å². The zero-order valence-electron chi connectivity index (χ0n) is 10.7. The topological polar surface area (TPSA) is 32.7 Å². The molecule has 6 heteroatoms. The molecule has 0 spiro atoms. The largest absolute Gasteiger partial charge is 0.401 e. The maximum absolute atomic E-state index is 12.1. The first kappa shape index (κ1) is 15.9. The van der Waals surface area contributed by atoms with Crippen molar-refractivity contribution in [2.24, 2.45) is 0 Å². The van der Waals surface area contributed by atoms with E-state index in [9.17, 15) is 18.3 Å². The third kappa shape index (κ3) is 7.81. The summed E-state index contributed by atoms with van der Waals surface area (Å²) in [6, 6.07) is 9.37. The molecular weight excluding hydrogens is 259 g/mol. The van der Waals surface area contributed by atoms with E-state index in [1.54, 1.807) is 0 Å². The van der Waals surface area contributed by atoms with E-state index in [0.29, 0.717) is 6.61 Å². The number of halogens is 3. The molecule has 1 N–H and O–H groups in total. The van der Waals surface area contributed by atoms with E-state index in [1.165, 1.54) is 7.05 Å². The summed E-state index contributed by atoms with van der Waals surface area (Å²) < 4.78 is 41.5. The minimum Gasteiger partial charge on any atom is -0.389 e. The van der Waals surface area contributed by atoms with Crippen molar-refractivity contribution in [1.29, 1.82) is 0 Å². The summed E-state index contributed by atoms with van der Waals surface area (Å²) >= 11 is 0. The zero-order valence-corrected chi connectivity index (χ0v) is 10.7. The lowest BCUT2D eigenvalue weighted by Crippen LogP contribution is -2.38. The van der Waals surface area contributed by atoms with E-state index >= 15 is 0 Å². The average molecular weight is 277 g/mol. The van der Waals surface area contributed by atoms with E-state index in [-0.39, 0.29) is 13.2 Å². The average Bonchev–Trinajstić information content (AvgIpc) is 2.27. The second-order valence-corrected chi connectivity index (χ2v) is 4.47. The van der Waals surface area contributed by atoms with Crippen LogP contribution in [0.2, 0.25) is 0 Å². The summed E-state index contributed by atoms with van der Waals surface area (Å²) in [5.74, 6) is 0. The van der Waals surface area contributed by atoms with Gasteiger partial charge in [-0.1, -0.05) is 30.3 Å². The summed E-state index contributed by atoms with van der Waals surface area (Å²) in [5, 5.41) is 9.56. The number of likely N-dealkylation sites (N-methyl/N-ethyl adjacent to an activating group) is 1. The van der Waals surface area contributed by atoms with Crippen LogP contribution in [0.1, 0.15) is 5.56 Å². The number of nitrogens with zero attached hydrogens (tertiary/aromatic N) is 1. The van der Waals surface area contributed by atoms with Crippen LogP contribution in [-0.4, -0.2) is 49.0 Å². The van der Waals surface area contributed by atoms with Crippen molar-refractivity contribution in [1.82, 2.24) is 4.90 Å². The van der Waals surface area contributed by atoms with Crippen LogP contribution in [0.5, 0.6) is 0 Å². The molecule has 0 saturated heterocycles. The molecule has 108 valence electrons. The Morgan fingerprint density at radius 2 is 1.89 bits per heavy atom. The smallest absolute Gasteiger partial charge is 0.389 e. The normalized spacial score (nSPS) is 13.8. The van der Waals surface area contributed by atoms with Crippen molar-refractivity contribution >= 4 is 0 Å². The highest BCUT2D eigenvalue weighted by molar-refractivity contribution is 5.13. The van der Waals surface area contributed by atoms with E-state index in [2.05, 4.69) is 0 Å². The second-order valence-electron chi connectivity index (χ2n) is 4.47. The Kier molecular flexibility index (Phi) is 6.27. The van der Waals surface area contributed by atoms with Crippen LogP contribution in [0.4, 0.5) is 13.2 Å². The van der Waals surface area contributed by atoms with Gasteiger partial charge in [0.1, 0.15) is 0 Å². The molecule has 0 bridgehead atoms. The first-order valence-electron chi connectivity index (χ1n) is 5.92. The molecule has 0 amide bonds. The fourth-order valence-electron chi connectivity index (χ4n) is 1.67. The van der Waals surface area contributed by atoms with Gasteiger partial charge in [0.05, 0.1) is 25.9 Å². The van der Waals surface area contributed by atoms with Crippen molar-refractivity contribution in [3.63, 3.8) is 0 Å². The van der Waals surface area contributed by atoms with Gasteiger partial charge in [0, 0.05) is 6.54 Å². The molecule has 1 aromatic rings. The van der Waals surface area contributed by atoms with E-state index < -0.39 is 18.8 Å². The fraction of sp³-hybridized carbons (Fsp3) is 0.538. The van der Waals surface area contributed by atoms with Crippen LogP contribution in [0.15, 0.2) is 30.3 Å². The van der Waals surface area contributed by atoms with Gasteiger partial charge in [0.2, 0.25) is 0 Å². The summed E-state index contributed by atoms with van der Waals surface area (Å²) in [4.78, 5) is 1.02. The van der Waals surface area contributed by atoms with Crippen LogP contribution < -0.4 is 0 Å². The van der Waals surface area contributed by atoms with Gasteiger partial charge in [-0.25, -0.2) is 0 Å². The van der Waals surface area contributed by atoms with Crippen LogP contribution in [0, 0.1) is 0 Å². The molecule has 0 saturated carbocycles. The Balaban J connectivity index is 2.19. The molecule has 1 atom stereocenters. The van der Waals surface area contributed by atoms with Gasteiger partial charge in [-0.3, -0.25) is 4.90 Å². The van der Waals surface area contributed by atoms with Crippen LogP contribution in [0.3, 0.4) is 0 Å². The van der Waals surface area contributed by atoms with E-state index in [1.807, 2.05) is 30.3 Å². The van der Waals surface area contributed by atoms with Crippen molar-refractivity contribution in [2.45, 2.75) is 18.9 Å². The van der Waals surface area contributed by atoms with Crippen molar-refractivity contribution in [3.8, 4) is 0 Å². The number of aliphatic hydroxyl groups is 1. The first-order chi connectivity index (χ1) is 8.87. The van der Waals surface area contributed by atoms with Crippen LogP contribution in [0.25, 0.3) is 0 Å². The fourth-order valence-corrected chi connectivity index (χ4v) is 1.67. The van der Waals surface area contributed by atoms with Gasteiger partial charge in [-0.15, -0.1) is 0 Å². The van der Waals surface area contributed by atoms with Crippen molar-refractivity contribution in [3.05, 3.63) is 35.9 Å². The van der Waals surface area contributed by atoms with Crippen LogP contribution in [-0.2, 0) is 11.3 Å². The Morgan fingerprint density at radius 1 is 1.26 bits per heavy atom. The highest BCUT2D eigenvalue weighted by Crippen LogP contribution is 2.15. The molecule has 0 aliphatic heterocycles. The molecule has 19 heavy (non-hydrogen) atoms. The zero-order chi connectivity index (χ0) is 14.3. The number of ether oxygens (including phenoxy) is 1. The lowest BCUT2D eigenvalue weighted by molar-refractivity contribution is -0.146. The van der Waals surface area contributed by atoms with Gasteiger partial charge >= 0.3 is 6.18 Å². The van der Waals surface area contributed by atoms with Gasteiger partial charge in [0.25, 0.3) is 0 Å². The number of alkyl halides is 3. The standard InChI is InChI=1S/C13H18F3NO2/c1-17(10-13(14,15)16)7-12(18)9-19-8-11-5-3-2-4-6-11/h2-6,12,18H,7-10H2,1H3/t12-/m1/s1.